The third-order valence-corrected chi connectivity index (χ3v) is 4.02. The van der Waals surface area contributed by atoms with E-state index >= 15 is 0 Å². The zero-order valence-corrected chi connectivity index (χ0v) is 16.3. The first-order valence-electron chi connectivity index (χ1n) is 9.15. The van der Waals surface area contributed by atoms with E-state index in [4.69, 9.17) is 14.2 Å². The van der Waals surface area contributed by atoms with Crippen molar-refractivity contribution in [2.24, 2.45) is 0 Å². The van der Waals surface area contributed by atoms with Gasteiger partial charge in [0, 0.05) is 12.1 Å². The van der Waals surface area contributed by atoms with Crippen LogP contribution in [0.1, 0.15) is 50.9 Å². The minimum atomic E-state index is -0.870. The van der Waals surface area contributed by atoms with E-state index < -0.39 is 17.4 Å². The van der Waals surface area contributed by atoms with Crippen molar-refractivity contribution in [1.82, 2.24) is 4.90 Å². The van der Waals surface area contributed by atoms with Crippen LogP contribution >= 0.6 is 0 Å². The highest BCUT2D eigenvalue weighted by Crippen LogP contribution is 2.22. The summed E-state index contributed by atoms with van der Waals surface area (Å²) in [4.78, 5) is 37.3. The molecular formula is C20H27NO6. The Morgan fingerprint density at radius 1 is 1.15 bits per heavy atom. The van der Waals surface area contributed by atoms with Gasteiger partial charge in [-0.25, -0.2) is 9.59 Å². The molecule has 1 aromatic rings. The summed E-state index contributed by atoms with van der Waals surface area (Å²) in [6, 6.07) is 6.24. The number of carbonyl (C=O) groups excluding carboxylic acids is 3. The van der Waals surface area contributed by atoms with Crippen molar-refractivity contribution in [1.29, 1.82) is 0 Å². The van der Waals surface area contributed by atoms with Crippen LogP contribution in [0.4, 0.5) is 4.79 Å². The molecule has 7 heteroatoms. The number of amides is 1. The highest BCUT2D eigenvalue weighted by molar-refractivity contribution is 6.40. The molecule has 1 heterocycles. The summed E-state index contributed by atoms with van der Waals surface area (Å²) in [5.41, 5.74) is -0.288. The summed E-state index contributed by atoms with van der Waals surface area (Å²) < 4.78 is 15.9. The van der Waals surface area contributed by atoms with Crippen LogP contribution in [0.15, 0.2) is 24.3 Å². The molecule has 0 spiro atoms. The van der Waals surface area contributed by atoms with Gasteiger partial charge in [-0.1, -0.05) is 0 Å². The fourth-order valence-corrected chi connectivity index (χ4v) is 2.78. The average molecular weight is 377 g/mol. The SMILES string of the molecule is CCOC(=O)C(=O)c1ccc(OC[C@H]2CCCN2C(=O)OC(C)(C)C)cc1. The number of benzene rings is 1. The molecule has 0 radical (unpaired) electrons. The molecule has 2 rings (SSSR count). The second-order valence-corrected chi connectivity index (χ2v) is 7.35. The Morgan fingerprint density at radius 2 is 1.81 bits per heavy atom. The molecule has 1 aliphatic heterocycles. The van der Waals surface area contributed by atoms with Crippen molar-refractivity contribution >= 4 is 17.8 Å². The molecular weight excluding hydrogens is 350 g/mol. The van der Waals surface area contributed by atoms with Crippen molar-refractivity contribution in [3.05, 3.63) is 29.8 Å². The molecule has 1 fully saturated rings. The molecule has 0 saturated carbocycles. The topological polar surface area (TPSA) is 82.1 Å². The first-order valence-corrected chi connectivity index (χ1v) is 9.15. The number of ether oxygens (including phenoxy) is 3. The lowest BCUT2D eigenvalue weighted by atomic mass is 10.1. The third-order valence-electron chi connectivity index (χ3n) is 4.02. The van der Waals surface area contributed by atoms with E-state index in [1.165, 1.54) is 12.1 Å². The maximum Gasteiger partial charge on any atom is 0.410 e. The van der Waals surface area contributed by atoms with Gasteiger partial charge in [0.05, 0.1) is 12.6 Å². The van der Waals surface area contributed by atoms with Crippen molar-refractivity contribution in [3.63, 3.8) is 0 Å². The number of carbonyl (C=O) groups is 3. The van der Waals surface area contributed by atoms with Crippen LogP contribution in [0.2, 0.25) is 0 Å². The Hall–Kier alpha value is -2.57. The van der Waals surface area contributed by atoms with Crippen molar-refractivity contribution in [2.75, 3.05) is 19.8 Å². The zero-order chi connectivity index (χ0) is 20.0. The summed E-state index contributed by atoms with van der Waals surface area (Å²) in [7, 11) is 0. The van der Waals surface area contributed by atoms with Crippen LogP contribution in [0.3, 0.4) is 0 Å². The van der Waals surface area contributed by atoms with Crippen LogP contribution in [0, 0.1) is 0 Å². The van der Waals surface area contributed by atoms with Crippen LogP contribution in [0.25, 0.3) is 0 Å². The maximum atomic E-state index is 12.3. The predicted molar refractivity (Wildman–Crippen MR) is 98.9 cm³/mol. The highest BCUT2D eigenvalue weighted by atomic mass is 16.6. The Balaban J connectivity index is 1.91. The predicted octanol–water partition coefficient (Wildman–Crippen LogP) is 3.21. The molecule has 0 aliphatic carbocycles. The molecule has 0 aromatic heterocycles. The lowest BCUT2D eigenvalue weighted by molar-refractivity contribution is -0.137. The fraction of sp³-hybridized carbons (Fsp3) is 0.550. The number of nitrogens with zero attached hydrogens (tertiary/aromatic N) is 1. The second kappa shape index (κ2) is 8.88. The van der Waals surface area contributed by atoms with E-state index in [0.717, 1.165) is 12.8 Å². The van der Waals surface area contributed by atoms with Crippen LogP contribution in [-0.4, -0.2) is 54.1 Å². The van der Waals surface area contributed by atoms with Gasteiger partial charge in [0.2, 0.25) is 0 Å². The second-order valence-electron chi connectivity index (χ2n) is 7.35. The van der Waals surface area contributed by atoms with Crippen molar-refractivity contribution in [3.8, 4) is 5.75 Å². The third kappa shape index (κ3) is 5.98. The molecule has 1 aromatic carbocycles. The van der Waals surface area contributed by atoms with E-state index in [9.17, 15) is 14.4 Å². The van der Waals surface area contributed by atoms with E-state index in [0.29, 0.717) is 18.9 Å². The van der Waals surface area contributed by atoms with Gasteiger partial charge in [-0.3, -0.25) is 4.79 Å². The highest BCUT2D eigenvalue weighted by Gasteiger charge is 2.32. The number of hydrogen-bond acceptors (Lipinski definition) is 6. The molecule has 1 atom stereocenters. The Morgan fingerprint density at radius 3 is 2.41 bits per heavy atom. The number of likely N-dealkylation sites (tertiary alicyclic amines) is 1. The summed E-state index contributed by atoms with van der Waals surface area (Å²) in [6.07, 6.45) is 1.42. The first-order chi connectivity index (χ1) is 12.7. The Kier molecular flexibility index (Phi) is 6.82. The molecule has 1 aliphatic rings. The molecule has 0 bridgehead atoms. The quantitative estimate of drug-likeness (QED) is 0.430. The molecule has 7 nitrogen and oxygen atoms in total. The van der Waals surface area contributed by atoms with Crippen molar-refractivity contribution in [2.45, 2.75) is 52.2 Å². The maximum absolute atomic E-state index is 12.3. The molecule has 148 valence electrons. The number of ketones is 1. The zero-order valence-electron chi connectivity index (χ0n) is 16.3. The summed E-state index contributed by atoms with van der Waals surface area (Å²) in [5, 5.41) is 0. The standard InChI is InChI=1S/C20H27NO6/c1-5-25-18(23)17(22)14-8-10-16(11-9-14)26-13-15-7-6-12-21(15)19(24)27-20(2,3)4/h8-11,15H,5-7,12-13H2,1-4H3/t15-/m1/s1. The monoisotopic (exact) mass is 377 g/mol. The molecule has 1 saturated heterocycles. The fourth-order valence-electron chi connectivity index (χ4n) is 2.78. The number of esters is 1. The van der Waals surface area contributed by atoms with Gasteiger partial charge >= 0.3 is 12.1 Å². The molecule has 27 heavy (non-hydrogen) atoms. The van der Waals surface area contributed by atoms with Gasteiger partial charge in [0.15, 0.2) is 0 Å². The smallest absolute Gasteiger partial charge is 0.410 e. The van der Waals surface area contributed by atoms with Gasteiger partial charge < -0.3 is 19.1 Å². The van der Waals surface area contributed by atoms with Crippen molar-refractivity contribution < 1.29 is 28.6 Å². The first kappa shape index (κ1) is 20.7. The van der Waals surface area contributed by atoms with Gasteiger partial charge in [-0.15, -0.1) is 0 Å². The Labute approximate surface area is 159 Å². The van der Waals surface area contributed by atoms with E-state index in [1.54, 1.807) is 24.0 Å². The van der Waals surface area contributed by atoms with E-state index in [-0.39, 0.29) is 24.3 Å². The van der Waals surface area contributed by atoms with Crippen LogP contribution < -0.4 is 4.74 Å². The molecule has 0 unspecified atom stereocenters. The van der Waals surface area contributed by atoms with E-state index in [2.05, 4.69) is 0 Å². The number of rotatable bonds is 6. The lowest BCUT2D eigenvalue weighted by Gasteiger charge is -2.28. The normalized spacial score (nSPS) is 16.7. The number of hydrogen-bond donors (Lipinski definition) is 0. The minimum absolute atomic E-state index is 0.0549. The van der Waals surface area contributed by atoms with Gasteiger partial charge in [0.1, 0.15) is 18.0 Å². The summed E-state index contributed by atoms with van der Waals surface area (Å²) in [6.45, 7) is 8.30. The summed E-state index contributed by atoms with van der Waals surface area (Å²) in [5.74, 6) is -0.994. The lowest BCUT2D eigenvalue weighted by Crippen LogP contribution is -2.42. The average Bonchev–Trinajstić information content (AvgIpc) is 3.07. The largest absolute Gasteiger partial charge is 0.491 e. The number of Topliss-reactive ketones (excluding diaryl/α,β-unsaturated/α-hetero) is 1. The molecule has 0 N–H and O–H groups in total. The van der Waals surface area contributed by atoms with Gasteiger partial charge in [-0.05, 0) is 64.8 Å². The van der Waals surface area contributed by atoms with Gasteiger partial charge in [-0.2, -0.15) is 0 Å². The van der Waals surface area contributed by atoms with Crippen LogP contribution in [0.5, 0.6) is 5.75 Å². The van der Waals surface area contributed by atoms with Gasteiger partial charge in [0.25, 0.3) is 5.78 Å². The summed E-state index contributed by atoms with van der Waals surface area (Å²) >= 11 is 0. The Bertz CT molecular complexity index is 677. The van der Waals surface area contributed by atoms with Crippen LogP contribution in [-0.2, 0) is 14.3 Å². The van der Waals surface area contributed by atoms with E-state index in [1.807, 2.05) is 20.8 Å². The minimum Gasteiger partial charge on any atom is -0.491 e. The molecule has 1 amide bonds.